The molecule has 0 fully saturated rings. The van der Waals surface area contributed by atoms with Crippen LogP contribution in [0.15, 0.2) is 33.7 Å². The summed E-state index contributed by atoms with van der Waals surface area (Å²) in [5.74, 6) is -0.406. The van der Waals surface area contributed by atoms with Crippen LogP contribution < -0.4 is 10.3 Å². The zero-order valence-corrected chi connectivity index (χ0v) is 11.0. The summed E-state index contributed by atoms with van der Waals surface area (Å²) in [7, 11) is 0. The zero-order valence-electron chi connectivity index (χ0n) is 9.46. The highest BCUT2D eigenvalue weighted by Gasteiger charge is 2.22. The summed E-state index contributed by atoms with van der Waals surface area (Å²) in [6.07, 6.45) is 1.06. The number of aromatic carboxylic acids is 1. The lowest BCUT2D eigenvalue weighted by Crippen LogP contribution is -2.32. The predicted molar refractivity (Wildman–Crippen MR) is 68.8 cm³/mol. The number of carboxylic acid groups (broad SMARTS) is 1. The van der Waals surface area contributed by atoms with Crippen molar-refractivity contribution in [3.63, 3.8) is 0 Å². The monoisotopic (exact) mass is 322 g/mol. The quantitative estimate of drug-likeness (QED) is 0.862. The number of rotatable bonds is 1. The molecular formula is C12H7BrN2O4. The van der Waals surface area contributed by atoms with Crippen molar-refractivity contribution in [3.8, 4) is 11.4 Å². The number of aromatic nitrogens is 2. The van der Waals surface area contributed by atoms with Gasteiger partial charge in [0, 0.05) is 10.7 Å². The maximum absolute atomic E-state index is 12.2. The Hall–Kier alpha value is -2.15. The van der Waals surface area contributed by atoms with Gasteiger partial charge in [0.25, 0.3) is 5.56 Å². The van der Waals surface area contributed by atoms with E-state index in [-0.39, 0.29) is 12.2 Å². The van der Waals surface area contributed by atoms with Crippen molar-refractivity contribution in [1.29, 1.82) is 0 Å². The van der Waals surface area contributed by atoms with Crippen LogP contribution in [0.25, 0.3) is 5.69 Å². The van der Waals surface area contributed by atoms with Crippen molar-refractivity contribution >= 4 is 21.9 Å². The Morgan fingerprint density at radius 2 is 2.26 bits per heavy atom. The zero-order chi connectivity index (χ0) is 13.6. The number of carboxylic acids is 1. The number of fused-ring (bicyclic) bond motifs is 3. The Balaban J connectivity index is 2.33. The molecule has 0 unspecified atom stereocenters. The molecule has 2 aromatic rings. The van der Waals surface area contributed by atoms with E-state index in [0.717, 1.165) is 10.7 Å². The van der Waals surface area contributed by atoms with E-state index in [1.54, 1.807) is 18.2 Å². The largest absolute Gasteiger partial charge is 0.483 e. The van der Waals surface area contributed by atoms with Crippen molar-refractivity contribution in [2.45, 2.75) is 6.61 Å². The van der Waals surface area contributed by atoms with Gasteiger partial charge in [-0.15, -0.1) is 0 Å². The van der Waals surface area contributed by atoms with Gasteiger partial charge in [0.05, 0.1) is 5.69 Å². The lowest BCUT2D eigenvalue weighted by molar-refractivity contribution is 0.0693. The number of hydrogen-bond acceptors (Lipinski definition) is 4. The topological polar surface area (TPSA) is 81.4 Å². The van der Waals surface area contributed by atoms with Crippen molar-refractivity contribution < 1.29 is 14.6 Å². The molecular weight excluding hydrogens is 316 g/mol. The second kappa shape index (κ2) is 4.20. The van der Waals surface area contributed by atoms with Crippen LogP contribution in [-0.2, 0) is 6.61 Å². The number of ether oxygens (including phenoxy) is 1. The number of hydrogen-bond donors (Lipinski definition) is 1. The standard InChI is InChI=1S/C12H7BrN2O4/c13-6-1-2-8-9(3-6)19-5-10-14-4-7(12(17)18)11(16)15(8)10/h1-4H,5H2,(H,17,18). The van der Waals surface area contributed by atoms with Crippen LogP contribution in [0.1, 0.15) is 16.2 Å². The first kappa shape index (κ1) is 11.9. The van der Waals surface area contributed by atoms with E-state index in [1.807, 2.05) is 0 Å². The maximum atomic E-state index is 12.2. The van der Waals surface area contributed by atoms with Crippen LogP contribution in [0.5, 0.6) is 5.75 Å². The third kappa shape index (κ3) is 1.82. The van der Waals surface area contributed by atoms with Crippen LogP contribution in [0.4, 0.5) is 0 Å². The molecule has 0 aliphatic carbocycles. The Morgan fingerprint density at radius 3 is 3.00 bits per heavy atom. The predicted octanol–water partition coefficient (Wildman–Crippen LogP) is 1.59. The third-order valence-corrected chi connectivity index (χ3v) is 3.28. The minimum atomic E-state index is -1.29. The van der Waals surface area contributed by atoms with E-state index in [0.29, 0.717) is 17.3 Å². The Labute approximate surface area is 115 Å². The van der Waals surface area contributed by atoms with Gasteiger partial charge in [-0.3, -0.25) is 9.36 Å². The molecule has 96 valence electrons. The number of benzene rings is 1. The maximum Gasteiger partial charge on any atom is 0.342 e. The molecule has 19 heavy (non-hydrogen) atoms. The molecule has 0 atom stereocenters. The summed E-state index contributed by atoms with van der Waals surface area (Å²) >= 11 is 3.31. The Bertz CT molecular complexity index is 754. The van der Waals surface area contributed by atoms with Gasteiger partial charge in [-0.2, -0.15) is 0 Å². The first-order valence-corrected chi connectivity index (χ1v) is 6.14. The molecule has 0 saturated heterocycles. The van der Waals surface area contributed by atoms with Gasteiger partial charge in [-0.25, -0.2) is 9.78 Å². The van der Waals surface area contributed by atoms with Crippen molar-refractivity contribution in [3.05, 3.63) is 50.6 Å². The fraction of sp³-hybridized carbons (Fsp3) is 0.0833. The van der Waals surface area contributed by atoms with E-state index in [1.165, 1.54) is 4.57 Å². The molecule has 6 nitrogen and oxygen atoms in total. The van der Waals surface area contributed by atoms with Gasteiger partial charge in [0.15, 0.2) is 5.82 Å². The average molecular weight is 323 g/mol. The lowest BCUT2D eigenvalue weighted by Gasteiger charge is -2.21. The molecule has 0 spiro atoms. The van der Waals surface area contributed by atoms with Crippen LogP contribution in [0.3, 0.4) is 0 Å². The van der Waals surface area contributed by atoms with E-state index in [2.05, 4.69) is 20.9 Å². The summed E-state index contributed by atoms with van der Waals surface area (Å²) in [6.45, 7) is 0.124. The smallest absolute Gasteiger partial charge is 0.342 e. The van der Waals surface area contributed by atoms with Crippen molar-refractivity contribution in [2.75, 3.05) is 0 Å². The third-order valence-electron chi connectivity index (χ3n) is 2.78. The lowest BCUT2D eigenvalue weighted by atomic mass is 10.2. The minimum absolute atomic E-state index is 0.124. The second-order valence-electron chi connectivity index (χ2n) is 3.93. The molecule has 0 saturated carbocycles. The highest BCUT2D eigenvalue weighted by molar-refractivity contribution is 9.10. The van der Waals surface area contributed by atoms with Gasteiger partial charge in [-0.1, -0.05) is 15.9 Å². The first-order valence-electron chi connectivity index (χ1n) is 5.35. The number of halogens is 1. The fourth-order valence-corrected chi connectivity index (χ4v) is 2.26. The minimum Gasteiger partial charge on any atom is -0.483 e. The van der Waals surface area contributed by atoms with Crippen LogP contribution >= 0.6 is 15.9 Å². The first-order chi connectivity index (χ1) is 9.08. The number of carbonyl (C=O) groups is 1. The summed E-state index contributed by atoms with van der Waals surface area (Å²) in [5.41, 5.74) is -0.478. The highest BCUT2D eigenvalue weighted by atomic mass is 79.9. The highest BCUT2D eigenvalue weighted by Crippen LogP contribution is 2.30. The van der Waals surface area contributed by atoms with Gasteiger partial charge < -0.3 is 9.84 Å². The average Bonchev–Trinajstić information content (AvgIpc) is 2.38. The van der Waals surface area contributed by atoms with E-state index in [9.17, 15) is 9.59 Å². The number of nitrogens with zero attached hydrogens (tertiary/aromatic N) is 2. The molecule has 0 amide bonds. The molecule has 1 aliphatic rings. The molecule has 0 radical (unpaired) electrons. The molecule has 1 aromatic heterocycles. The van der Waals surface area contributed by atoms with Gasteiger partial charge in [0.1, 0.15) is 17.9 Å². The van der Waals surface area contributed by atoms with Crippen LogP contribution in [-0.4, -0.2) is 20.6 Å². The normalized spacial score (nSPS) is 12.3. The molecule has 1 aromatic carbocycles. The van der Waals surface area contributed by atoms with Gasteiger partial charge in [-0.05, 0) is 18.2 Å². The molecule has 1 aliphatic heterocycles. The molecule has 3 rings (SSSR count). The van der Waals surface area contributed by atoms with E-state index < -0.39 is 11.5 Å². The Morgan fingerprint density at radius 1 is 1.47 bits per heavy atom. The fourth-order valence-electron chi connectivity index (χ4n) is 1.92. The van der Waals surface area contributed by atoms with Crippen LogP contribution in [0, 0.1) is 0 Å². The molecule has 1 N–H and O–H groups in total. The Kier molecular flexibility index (Phi) is 2.63. The molecule has 2 heterocycles. The van der Waals surface area contributed by atoms with Gasteiger partial charge in [0.2, 0.25) is 0 Å². The van der Waals surface area contributed by atoms with E-state index >= 15 is 0 Å². The van der Waals surface area contributed by atoms with Gasteiger partial charge >= 0.3 is 5.97 Å². The summed E-state index contributed by atoms with van der Waals surface area (Å²) < 4.78 is 7.57. The van der Waals surface area contributed by atoms with Crippen LogP contribution in [0.2, 0.25) is 0 Å². The molecule has 7 heteroatoms. The molecule has 0 bridgehead atoms. The second-order valence-corrected chi connectivity index (χ2v) is 4.85. The van der Waals surface area contributed by atoms with Crippen molar-refractivity contribution in [2.24, 2.45) is 0 Å². The SMILES string of the molecule is O=C(O)c1cnc2n(c1=O)-c1ccc(Br)cc1OC2. The summed E-state index contributed by atoms with van der Waals surface area (Å²) in [6, 6.07) is 5.14. The summed E-state index contributed by atoms with van der Waals surface area (Å²) in [4.78, 5) is 27.1. The van der Waals surface area contributed by atoms with E-state index in [4.69, 9.17) is 9.84 Å². The van der Waals surface area contributed by atoms with Crippen molar-refractivity contribution in [1.82, 2.24) is 9.55 Å². The summed E-state index contributed by atoms with van der Waals surface area (Å²) in [5, 5.41) is 8.97.